The van der Waals surface area contributed by atoms with Crippen LogP contribution in [-0.2, 0) is 24.6 Å². The highest BCUT2D eigenvalue weighted by Gasteiger charge is 2.66. The van der Waals surface area contributed by atoms with Gasteiger partial charge in [0.25, 0.3) is 5.69 Å². The van der Waals surface area contributed by atoms with Gasteiger partial charge in [-0.2, -0.15) is 0 Å². The van der Waals surface area contributed by atoms with Crippen LogP contribution in [0.25, 0.3) is 5.57 Å². The van der Waals surface area contributed by atoms with Gasteiger partial charge in [-0.15, -0.1) is 0 Å². The van der Waals surface area contributed by atoms with Crippen LogP contribution >= 0.6 is 0 Å². The largest absolute Gasteiger partial charge is 0.508 e. The zero-order valence-corrected chi connectivity index (χ0v) is 26.1. The molecule has 49 heavy (non-hydrogen) atoms. The third kappa shape index (κ3) is 4.45. The number of amides is 2. The summed E-state index contributed by atoms with van der Waals surface area (Å²) in [4.78, 5) is 70.3. The minimum Gasteiger partial charge on any atom is -0.508 e. The fraction of sp³-hybridized carbons (Fsp3) is 0.200. The van der Waals surface area contributed by atoms with Crippen molar-refractivity contribution < 1.29 is 29.2 Å². The molecule has 6 atom stereocenters. The Labute approximate surface area is 281 Å². The van der Waals surface area contributed by atoms with E-state index in [9.17, 15) is 34.4 Å². The molecule has 2 amide bonds. The first kappa shape index (κ1) is 30.4. The number of carbonyl (C=O) groups excluding carboxylic acids is 4. The molecule has 4 aromatic carbocycles. The maximum absolute atomic E-state index is 15.0. The van der Waals surface area contributed by atoms with Gasteiger partial charge in [0.15, 0.2) is 11.6 Å². The summed E-state index contributed by atoms with van der Waals surface area (Å²) < 4.78 is 0. The number of rotatable bonds is 5. The molecule has 1 aliphatic heterocycles. The second-order valence-corrected chi connectivity index (χ2v) is 13.2. The zero-order valence-electron chi connectivity index (χ0n) is 26.1. The Morgan fingerprint density at radius 2 is 1.51 bits per heavy atom. The van der Waals surface area contributed by atoms with Crippen molar-refractivity contribution in [2.45, 2.75) is 24.2 Å². The number of Topliss-reactive ketones (excluding diaryl/α,β-unsaturated/α-hetero) is 1. The number of non-ortho nitro benzene ring substituents is 1. The second-order valence-electron chi connectivity index (χ2n) is 13.2. The molecule has 1 N–H and O–H groups in total. The Kier molecular flexibility index (Phi) is 7.03. The van der Waals surface area contributed by atoms with Crippen LogP contribution in [0.3, 0.4) is 0 Å². The maximum Gasteiger partial charge on any atom is 0.271 e. The lowest BCUT2D eigenvalue weighted by Gasteiger charge is -2.55. The molecule has 3 aliphatic carbocycles. The Morgan fingerprint density at radius 1 is 0.796 bits per heavy atom. The number of nitro benzene ring substituents is 1. The molecule has 1 heterocycles. The second kappa shape index (κ2) is 11.3. The molecule has 4 aliphatic rings. The SMILES string of the molecule is O=C1C(c2ccccc2)=CC(=O)[C@@]2(c3ccccc3)[C@@H](c3cccc(O)c3)C3=CC[C@@H]4C(=O)N(c5cccc([N+](=O)[O-])c5)C(=O)[C@@H]4[C@@H]3C[C@@H]12. The van der Waals surface area contributed by atoms with Gasteiger partial charge >= 0.3 is 0 Å². The molecule has 1 saturated heterocycles. The van der Waals surface area contributed by atoms with Gasteiger partial charge < -0.3 is 5.11 Å². The summed E-state index contributed by atoms with van der Waals surface area (Å²) in [6, 6.07) is 30.4. The number of phenolic OH excluding ortho intramolecular Hbond substituents is 1. The highest BCUT2D eigenvalue weighted by atomic mass is 16.6. The summed E-state index contributed by atoms with van der Waals surface area (Å²) in [5.41, 5.74) is 1.44. The van der Waals surface area contributed by atoms with Crippen LogP contribution in [0.5, 0.6) is 5.75 Å². The van der Waals surface area contributed by atoms with E-state index in [-0.39, 0.29) is 41.5 Å². The van der Waals surface area contributed by atoms with Crippen LogP contribution < -0.4 is 4.90 Å². The summed E-state index contributed by atoms with van der Waals surface area (Å²) in [6.45, 7) is 0. The van der Waals surface area contributed by atoms with Gasteiger partial charge in [-0.3, -0.25) is 29.3 Å². The summed E-state index contributed by atoms with van der Waals surface area (Å²) in [5.74, 6) is -5.26. The van der Waals surface area contributed by atoms with Crippen molar-refractivity contribution in [3.05, 3.63) is 154 Å². The van der Waals surface area contributed by atoms with Crippen LogP contribution in [-0.4, -0.2) is 33.4 Å². The molecule has 0 unspecified atom stereocenters. The smallest absolute Gasteiger partial charge is 0.271 e. The number of ketones is 2. The van der Waals surface area contributed by atoms with E-state index in [2.05, 4.69) is 0 Å². The minimum atomic E-state index is -1.40. The number of imide groups is 1. The molecule has 1 saturated carbocycles. The normalized spacial score (nSPS) is 27.5. The maximum atomic E-state index is 15.0. The van der Waals surface area contributed by atoms with Gasteiger partial charge in [0, 0.05) is 29.5 Å². The molecule has 9 heteroatoms. The van der Waals surface area contributed by atoms with Crippen molar-refractivity contribution in [1.82, 2.24) is 0 Å². The van der Waals surface area contributed by atoms with Crippen LogP contribution in [0.15, 0.2) is 127 Å². The van der Waals surface area contributed by atoms with Gasteiger partial charge in [0.1, 0.15) is 5.75 Å². The van der Waals surface area contributed by atoms with Crippen molar-refractivity contribution in [3.63, 3.8) is 0 Å². The van der Waals surface area contributed by atoms with Crippen LogP contribution in [0.1, 0.15) is 35.4 Å². The van der Waals surface area contributed by atoms with Crippen molar-refractivity contribution in [1.29, 1.82) is 0 Å². The molecule has 242 valence electrons. The number of nitro groups is 1. The Hall–Kier alpha value is -5.96. The summed E-state index contributed by atoms with van der Waals surface area (Å²) in [6.07, 6.45) is 3.74. The van der Waals surface area contributed by atoms with E-state index in [0.717, 1.165) is 10.5 Å². The Morgan fingerprint density at radius 3 is 2.22 bits per heavy atom. The number of aromatic hydroxyl groups is 1. The quantitative estimate of drug-likeness (QED) is 0.115. The molecule has 0 spiro atoms. The standard InChI is InChI=1S/C40H30N2O7/c43-28-16-7-11-24(19-28)36-29-17-18-30-35(39(47)41(38(30)46)26-14-8-15-27(20-26)42(48)49)32(29)21-33-37(45)31(23-9-3-1-4-10-23)22-34(44)40(33,36)25-12-5-2-6-13-25/h1-17,19-20,22,30,32-33,35-36,43H,18,21H2/t30-,32+,33-,35-,36-,40-/m0/s1. The third-order valence-electron chi connectivity index (χ3n) is 10.9. The van der Waals surface area contributed by atoms with Gasteiger partial charge in [-0.25, -0.2) is 4.90 Å². The highest BCUT2D eigenvalue weighted by Crippen LogP contribution is 2.63. The van der Waals surface area contributed by atoms with Gasteiger partial charge in [0.05, 0.1) is 27.9 Å². The van der Waals surface area contributed by atoms with Gasteiger partial charge in [0.2, 0.25) is 11.8 Å². The van der Waals surface area contributed by atoms with E-state index in [1.807, 2.05) is 48.5 Å². The molecule has 9 nitrogen and oxygen atoms in total. The number of hydrogen-bond donors (Lipinski definition) is 1. The van der Waals surface area contributed by atoms with E-state index < -0.39 is 51.7 Å². The number of phenols is 1. The average molecular weight is 651 g/mol. The zero-order chi connectivity index (χ0) is 34.0. The van der Waals surface area contributed by atoms with Crippen LogP contribution in [0.2, 0.25) is 0 Å². The summed E-state index contributed by atoms with van der Waals surface area (Å²) >= 11 is 0. The van der Waals surface area contributed by atoms with Crippen molar-refractivity contribution >= 4 is 40.3 Å². The van der Waals surface area contributed by atoms with Gasteiger partial charge in [-0.1, -0.05) is 90.5 Å². The third-order valence-corrected chi connectivity index (χ3v) is 10.9. The lowest BCUT2D eigenvalue weighted by Crippen LogP contribution is -2.58. The first-order valence-electron chi connectivity index (χ1n) is 16.2. The lowest BCUT2D eigenvalue weighted by molar-refractivity contribution is -0.384. The number of nitrogens with zero attached hydrogens (tertiary/aromatic N) is 2. The van der Waals surface area contributed by atoms with E-state index in [1.54, 1.807) is 42.5 Å². The molecule has 8 rings (SSSR count). The van der Waals surface area contributed by atoms with Crippen molar-refractivity contribution in [2.75, 3.05) is 4.90 Å². The predicted octanol–water partition coefficient (Wildman–Crippen LogP) is 6.33. The molecule has 0 aromatic heterocycles. The van der Waals surface area contributed by atoms with E-state index in [4.69, 9.17) is 0 Å². The number of hydrogen-bond acceptors (Lipinski definition) is 7. The molecular formula is C40H30N2O7. The fourth-order valence-electron chi connectivity index (χ4n) is 8.95. The molecular weight excluding hydrogens is 620 g/mol. The minimum absolute atomic E-state index is 0.00672. The van der Waals surface area contributed by atoms with E-state index >= 15 is 0 Å². The predicted molar refractivity (Wildman–Crippen MR) is 180 cm³/mol. The Balaban J connectivity index is 1.34. The molecule has 4 aromatic rings. The van der Waals surface area contributed by atoms with E-state index in [1.165, 1.54) is 30.3 Å². The highest BCUT2D eigenvalue weighted by molar-refractivity contribution is 6.32. The van der Waals surface area contributed by atoms with Crippen LogP contribution in [0, 0.1) is 33.8 Å². The number of allylic oxidation sites excluding steroid dienone is 4. The van der Waals surface area contributed by atoms with Crippen molar-refractivity contribution in [2.24, 2.45) is 23.7 Å². The van der Waals surface area contributed by atoms with Gasteiger partial charge in [-0.05, 0) is 59.7 Å². The van der Waals surface area contributed by atoms with Crippen molar-refractivity contribution in [3.8, 4) is 5.75 Å². The average Bonchev–Trinajstić information content (AvgIpc) is 3.38. The summed E-state index contributed by atoms with van der Waals surface area (Å²) in [7, 11) is 0. The summed E-state index contributed by atoms with van der Waals surface area (Å²) in [5, 5.41) is 22.3. The lowest BCUT2D eigenvalue weighted by atomic mass is 9.44. The first-order chi connectivity index (χ1) is 23.7. The number of anilines is 1. The molecule has 0 bridgehead atoms. The fourth-order valence-corrected chi connectivity index (χ4v) is 8.95. The molecule has 2 fully saturated rings. The van der Waals surface area contributed by atoms with E-state index in [0.29, 0.717) is 22.3 Å². The Bertz CT molecular complexity index is 2140. The molecule has 0 radical (unpaired) electrons. The topological polar surface area (TPSA) is 135 Å². The van der Waals surface area contributed by atoms with Crippen LogP contribution in [0.4, 0.5) is 11.4 Å². The first-order valence-corrected chi connectivity index (χ1v) is 16.2. The number of benzene rings is 4. The number of carbonyl (C=O) groups is 4. The number of fused-ring (bicyclic) bond motifs is 4. The monoisotopic (exact) mass is 650 g/mol.